The molecule has 10 heavy (non-hydrogen) atoms. The minimum atomic E-state index is 0.966. The fourth-order valence-corrected chi connectivity index (χ4v) is 0.496. The van der Waals surface area contributed by atoms with Crippen LogP contribution in [-0.4, -0.2) is 6.21 Å². The second-order valence-corrected chi connectivity index (χ2v) is 11.1. The molecule has 0 aliphatic carbocycles. The Balaban J connectivity index is 0. The zero-order chi connectivity index (χ0) is 8.24. The summed E-state index contributed by atoms with van der Waals surface area (Å²) in [5.41, 5.74) is 0. The van der Waals surface area contributed by atoms with Crippen LogP contribution >= 0.6 is 40.7 Å². The Hall–Kier alpha value is 1.65. The van der Waals surface area contributed by atoms with Crippen LogP contribution < -0.4 is 0 Å². The van der Waals surface area contributed by atoms with Crippen molar-refractivity contribution in [3.05, 3.63) is 0 Å². The second-order valence-electron chi connectivity index (χ2n) is 1.75. The summed E-state index contributed by atoms with van der Waals surface area (Å²) < 4.78 is 0. The average molecular weight is 409 g/mol. The molecule has 0 fully saturated rings. The van der Waals surface area contributed by atoms with Crippen LogP contribution in [-0.2, 0) is 8.46 Å². The van der Waals surface area contributed by atoms with Gasteiger partial charge in [-0.05, 0) is 19.1 Å². The third-order valence-electron chi connectivity index (χ3n) is 0.952. The molecule has 0 bridgehead atoms. The maximum absolute atomic E-state index is 6.66. The fourth-order valence-electron chi connectivity index (χ4n) is 0.496. The van der Waals surface area contributed by atoms with Crippen LogP contribution in [0, 0.1) is 5.41 Å². The van der Waals surface area contributed by atoms with Gasteiger partial charge in [0.05, 0.1) is 0 Å². The minimum absolute atomic E-state index is 0.966. The topological polar surface area (TPSA) is 23.9 Å². The molecule has 0 unspecified atom stereocenters. The first-order chi connectivity index (χ1) is 4.83. The molecule has 1 nitrogen and oxygen atoms in total. The number of nitrogens with one attached hydrogen (secondary N) is 1. The zero-order valence-corrected chi connectivity index (χ0v) is 11.4. The Bertz CT molecular complexity index is 61.7. The summed E-state index contributed by atoms with van der Waals surface area (Å²) in [5, 5.41) is 6.66. The average Bonchev–Trinajstić information content (AvgIpc) is 1.91. The van der Waals surface area contributed by atoms with Crippen molar-refractivity contribution in [3.63, 3.8) is 0 Å². The maximum atomic E-state index is 6.66. The molecular weight excluding hydrogens is 396 g/mol. The van der Waals surface area contributed by atoms with Crippen LogP contribution in [0.1, 0.15) is 32.6 Å². The van der Waals surface area contributed by atoms with Crippen LogP contribution in [0.2, 0.25) is 0 Å². The molecule has 0 rings (SSSR count). The third-order valence-corrected chi connectivity index (χ3v) is 0.952. The molecule has 4 heteroatoms. The molecule has 0 radical (unpaired) electrons. The molecule has 0 heterocycles. The standard InChI is InChI=1S/C6H13N.Fe.2HI/c1-2-3-4-5-6-7;;;/h6-7H,2-5H2,1H3;;2*1H/q;+2;;/p-2. The van der Waals surface area contributed by atoms with Gasteiger partial charge in [-0.15, -0.1) is 0 Å². The Morgan fingerprint density at radius 1 is 1.40 bits per heavy atom. The van der Waals surface area contributed by atoms with Gasteiger partial charge in [-0.3, -0.25) is 0 Å². The quantitative estimate of drug-likeness (QED) is 0.315. The van der Waals surface area contributed by atoms with Crippen molar-refractivity contribution in [2.24, 2.45) is 0 Å². The number of hydrogen-bond donors (Lipinski definition) is 1. The summed E-state index contributed by atoms with van der Waals surface area (Å²) in [6.45, 7) is 2.17. The van der Waals surface area contributed by atoms with Crippen LogP contribution in [0.3, 0.4) is 0 Å². The van der Waals surface area contributed by atoms with Gasteiger partial charge in [-0.1, -0.05) is 19.8 Å². The van der Waals surface area contributed by atoms with Crippen LogP contribution in [0.4, 0.5) is 0 Å². The van der Waals surface area contributed by atoms with Gasteiger partial charge in [0.2, 0.25) is 0 Å². The van der Waals surface area contributed by atoms with E-state index in [2.05, 4.69) is 47.6 Å². The van der Waals surface area contributed by atoms with Gasteiger partial charge in [0, 0.05) is 0 Å². The molecule has 0 aromatic carbocycles. The van der Waals surface area contributed by atoms with E-state index in [0.717, 1.165) is 6.42 Å². The number of unbranched alkanes of at least 4 members (excludes halogenated alkanes) is 3. The van der Waals surface area contributed by atoms with E-state index in [1.807, 2.05) is 0 Å². The second kappa shape index (κ2) is 16.9. The van der Waals surface area contributed by atoms with Crippen molar-refractivity contribution in [1.82, 2.24) is 0 Å². The molecule has 0 aromatic heterocycles. The molecule has 1 N–H and O–H groups in total. The van der Waals surface area contributed by atoms with E-state index in [1.54, 1.807) is 0 Å². The Labute approximate surface area is 92.3 Å². The number of halogens is 2. The summed E-state index contributed by atoms with van der Waals surface area (Å²) in [6.07, 6.45) is 6.17. The molecular formula is C6H13FeI2N. The molecule has 0 amide bonds. The molecule has 0 aliphatic rings. The molecule has 0 aliphatic heterocycles. The van der Waals surface area contributed by atoms with Crippen LogP contribution in [0.25, 0.3) is 0 Å². The van der Waals surface area contributed by atoms with Crippen LogP contribution in [0.5, 0.6) is 0 Å². The van der Waals surface area contributed by atoms with Gasteiger partial charge in [0.1, 0.15) is 0 Å². The van der Waals surface area contributed by atoms with E-state index in [1.165, 1.54) is 33.9 Å². The van der Waals surface area contributed by atoms with Gasteiger partial charge in [0.25, 0.3) is 0 Å². The Kier molecular flexibility index (Phi) is 24.0. The summed E-state index contributed by atoms with van der Waals surface area (Å²) in [7, 11) is 1.19. The normalized spacial score (nSPS) is 8.30. The van der Waals surface area contributed by atoms with Gasteiger partial charge < -0.3 is 5.41 Å². The Morgan fingerprint density at radius 2 is 1.90 bits per heavy atom. The summed E-state index contributed by atoms with van der Waals surface area (Å²) >= 11 is 4.55. The molecule has 0 saturated carbocycles. The van der Waals surface area contributed by atoms with Crippen molar-refractivity contribution in [2.75, 3.05) is 0 Å². The predicted molar refractivity (Wildman–Crippen MR) is 61.0 cm³/mol. The van der Waals surface area contributed by atoms with Crippen molar-refractivity contribution in [1.29, 1.82) is 5.41 Å². The summed E-state index contributed by atoms with van der Waals surface area (Å²) in [4.78, 5) is 0. The summed E-state index contributed by atoms with van der Waals surface area (Å²) in [5.74, 6) is 0. The number of rotatable bonds is 4. The van der Waals surface area contributed by atoms with Gasteiger partial charge in [-0.25, -0.2) is 0 Å². The van der Waals surface area contributed by atoms with Crippen molar-refractivity contribution in [3.8, 4) is 0 Å². The van der Waals surface area contributed by atoms with Crippen LogP contribution in [0.15, 0.2) is 0 Å². The van der Waals surface area contributed by atoms with E-state index in [4.69, 9.17) is 5.41 Å². The van der Waals surface area contributed by atoms with E-state index in [-0.39, 0.29) is 0 Å². The Morgan fingerprint density at radius 3 is 2.20 bits per heavy atom. The first-order valence-corrected chi connectivity index (χ1v) is 10.3. The van der Waals surface area contributed by atoms with E-state index < -0.39 is 0 Å². The molecule has 0 atom stereocenters. The van der Waals surface area contributed by atoms with Gasteiger partial charge in [-0.2, -0.15) is 0 Å². The number of hydrogen-bond acceptors (Lipinski definition) is 1. The zero-order valence-electron chi connectivity index (χ0n) is 6.02. The third kappa shape index (κ3) is 22.6. The predicted octanol–water partition coefficient (Wildman–Crippen LogP) is 3.99. The van der Waals surface area contributed by atoms with Gasteiger partial charge >= 0.3 is 49.1 Å². The fraction of sp³-hybridized carbons (Fsp3) is 0.833. The monoisotopic (exact) mass is 409 g/mol. The van der Waals surface area contributed by atoms with Crippen molar-refractivity contribution >= 4 is 46.9 Å². The molecule has 64 valence electrons. The van der Waals surface area contributed by atoms with Crippen molar-refractivity contribution < 1.29 is 8.46 Å². The first-order valence-electron chi connectivity index (χ1n) is 3.17. The van der Waals surface area contributed by atoms with E-state index in [9.17, 15) is 0 Å². The molecule has 0 spiro atoms. The van der Waals surface area contributed by atoms with Crippen molar-refractivity contribution in [2.45, 2.75) is 32.6 Å². The van der Waals surface area contributed by atoms with E-state index >= 15 is 0 Å². The SMILES string of the molecule is CCCCCC=N.[I][Fe][I]. The molecule has 0 saturated heterocycles. The summed E-state index contributed by atoms with van der Waals surface area (Å²) in [6, 6.07) is 0. The molecule has 0 aromatic rings. The van der Waals surface area contributed by atoms with E-state index in [0.29, 0.717) is 0 Å². The van der Waals surface area contributed by atoms with Gasteiger partial charge in [0.15, 0.2) is 0 Å². The first kappa shape index (κ1) is 14.2.